The van der Waals surface area contributed by atoms with Gasteiger partial charge >= 0.3 is 0 Å². The van der Waals surface area contributed by atoms with Crippen LogP contribution >= 0.6 is 0 Å². The van der Waals surface area contributed by atoms with Crippen LogP contribution in [0.4, 0.5) is 0 Å². The second kappa shape index (κ2) is 4.62. The van der Waals surface area contributed by atoms with E-state index in [-0.39, 0.29) is 11.8 Å². The van der Waals surface area contributed by atoms with Crippen molar-refractivity contribution >= 4 is 11.8 Å². The molecule has 1 aromatic carbocycles. The number of carbonyl (C=O) groups is 2. The number of piperazine rings is 1. The van der Waals surface area contributed by atoms with Gasteiger partial charge in [-0.05, 0) is 38.2 Å². The van der Waals surface area contributed by atoms with Gasteiger partial charge in [0.15, 0.2) is 0 Å². The van der Waals surface area contributed by atoms with Gasteiger partial charge in [-0.25, -0.2) is 0 Å². The highest BCUT2D eigenvalue weighted by Gasteiger charge is 2.56. The largest absolute Gasteiger partial charge is 0.338 e. The van der Waals surface area contributed by atoms with Crippen LogP contribution in [-0.4, -0.2) is 28.8 Å². The van der Waals surface area contributed by atoms with Gasteiger partial charge < -0.3 is 10.2 Å². The molecule has 106 valence electrons. The summed E-state index contributed by atoms with van der Waals surface area (Å²) in [5, 5.41) is 2.93. The highest BCUT2D eigenvalue weighted by molar-refractivity contribution is 6.00. The lowest BCUT2D eigenvalue weighted by Crippen LogP contribution is -2.67. The lowest BCUT2D eigenvalue weighted by molar-refractivity contribution is -0.158. The fourth-order valence-corrected chi connectivity index (χ4v) is 3.25. The van der Waals surface area contributed by atoms with Crippen LogP contribution in [0.3, 0.4) is 0 Å². The Morgan fingerprint density at radius 3 is 2.45 bits per heavy atom. The van der Waals surface area contributed by atoms with Crippen molar-refractivity contribution in [2.24, 2.45) is 5.92 Å². The number of nitrogens with one attached hydrogen (secondary N) is 1. The molecule has 1 heterocycles. The summed E-state index contributed by atoms with van der Waals surface area (Å²) in [6.45, 7) is 4.42. The number of hydrogen-bond acceptors (Lipinski definition) is 2. The van der Waals surface area contributed by atoms with Crippen LogP contribution in [0.1, 0.15) is 38.3 Å². The number of rotatable bonds is 3. The van der Waals surface area contributed by atoms with E-state index in [0.29, 0.717) is 12.5 Å². The molecular formula is C16H20N2O2. The van der Waals surface area contributed by atoms with Gasteiger partial charge in [0.05, 0.1) is 0 Å². The average Bonchev–Trinajstić information content (AvgIpc) is 3.29. The molecule has 0 spiro atoms. The number of carbonyl (C=O) groups excluding carboxylic acids is 2. The first kappa shape index (κ1) is 13.2. The molecule has 0 radical (unpaired) electrons. The third kappa shape index (κ3) is 1.82. The summed E-state index contributed by atoms with van der Waals surface area (Å²) in [7, 11) is 0. The lowest BCUT2D eigenvalue weighted by atomic mass is 9.87. The van der Waals surface area contributed by atoms with Crippen molar-refractivity contribution in [3.05, 3.63) is 35.9 Å². The summed E-state index contributed by atoms with van der Waals surface area (Å²) < 4.78 is 0. The zero-order valence-corrected chi connectivity index (χ0v) is 11.9. The van der Waals surface area contributed by atoms with Crippen LogP contribution < -0.4 is 5.32 Å². The van der Waals surface area contributed by atoms with Gasteiger partial charge in [0, 0.05) is 6.54 Å². The summed E-state index contributed by atoms with van der Waals surface area (Å²) in [4.78, 5) is 27.1. The van der Waals surface area contributed by atoms with Gasteiger partial charge in [0.1, 0.15) is 11.6 Å². The van der Waals surface area contributed by atoms with E-state index in [0.717, 1.165) is 18.4 Å². The Balaban J connectivity index is 1.96. The average molecular weight is 272 g/mol. The zero-order valence-electron chi connectivity index (χ0n) is 11.9. The highest BCUT2D eigenvalue weighted by Crippen LogP contribution is 2.45. The fourth-order valence-electron chi connectivity index (χ4n) is 3.25. The first-order valence-electron chi connectivity index (χ1n) is 7.26. The van der Waals surface area contributed by atoms with Crippen molar-refractivity contribution in [1.82, 2.24) is 10.2 Å². The van der Waals surface area contributed by atoms with Crippen LogP contribution in [0.25, 0.3) is 0 Å². The maximum atomic E-state index is 12.8. The predicted molar refractivity (Wildman–Crippen MR) is 75.8 cm³/mol. The van der Waals surface area contributed by atoms with Crippen LogP contribution in [0.2, 0.25) is 0 Å². The molecule has 2 fully saturated rings. The Morgan fingerprint density at radius 1 is 1.25 bits per heavy atom. The molecule has 20 heavy (non-hydrogen) atoms. The maximum Gasteiger partial charge on any atom is 0.250 e. The first-order chi connectivity index (χ1) is 9.59. The lowest BCUT2D eigenvalue weighted by Gasteiger charge is -2.46. The molecule has 1 aliphatic carbocycles. The van der Waals surface area contributed by atoms with Crippen LogP contribution in [0, 0.1) is 5.92 Å². The Hall–Kier alpha value is -1.84. The van der Waals surface area contributed by atoms with Gasteiger partial charge in [-0.3, -0.25) is 9.59 Å². The van der Waals surface area contributed by atoms with E-state index >= 15 is 0 Å². The van der Waals surface area contributed by atoms with Crippen LogP contribution in [0.5, 0.6) is 0 Å². The molecule has 1 aliphatic heterocycles. The second-order valence-electron chi connectivity index (χ2n) is 5.82. The van der Waals surface area contributed by atoms with E-state index in [2.05, 4.69) is 5.32 Å². The molecule has 1 saturated heterocycles. The minimum Gasteiger partial charge on any atom is -0.338 e. The van der Waals surface area contributed by atoms with E-state index in [4.69, 9.17) is 0 Å². The summed E-state index contributed by atoms with van der Waals surface area (Å²) in [6, 6.07) is 8.91. The van der Waals surface area contributed by atoms with E-state index in [1.165, 1.54) is 0 Å². The zero-order chi connectivity index (χ0) is 14.3. The Bertz CT molecular complexity index is 539. The summed E-state index contributed by atoms with van der Waals surface area (Å²) in [5.74, 6) is 0.297. The van der Waals surface area contributed by atoms with Crippen molar-refractivity contribution < 1.29 is 9.59 Å². The highest BCUT2D eigenvalue weighted by atomic mass is 16.2. The first-order valence-corrected chi connectivity index (χ1v) is 7.26. The molecule has 2 aliphatic rings. The molecule has 2 amide bonds. The Labute approximate surface area is 119 Å². The van der Waals surface area contributed by atoms with Crippen molar-refractivity contribution in [3.8, 4) is 0 Å². The third-order valence-corrected chi connectivity index (χ3v) is 4.63. The number of amides is 2. The minimum absolute atomic E-state index is 0.00713. The van der Waals surface area contributed by atoms with E-state index in [1.807, 2.05) is 44.2 Å². The van der Waals surface area contributed by atoms with Crippen LogP contribution in [0.15, 0.2) is 30.3 Å². The molecule has 1 saturated carbocycles. The molecule has 2 unspecified atom stereocenters. The minimum atomic E-state index is -0.670. The normalized spacial score (nSPS) is 30.3. The SMILES string of the molecule is CCN1C(=O)C(c2ccccc2)NC(=O)C1(C)C1CC1. The predicted octanol–water partition coefficient (Wildman–Crippen LogP) is 1.87. The maximum absolute atomic E-state index is 12.8. The number of hydrogen-bond donors (Lipinski definition) is 1. The van der Waals surface area contributed by atoms with Gasteiger partial charge in [-0.1, -0.05) is 30.3 Å². The molecule has 1 N–H and O–H groups in total. The van der Waals surface area contributed by atoms with Crippen molar-refractivity contribution in [2.45, 2.75) is 38.3 Å². The van der Waals surface area contributed by atoms with E-state index in [1.54, 1.807) is 4.90 Å². The third-order valence-electron chi connectivity index (χ3n) is 4.63. The van der Waals surface area contributed by atoms with Gasteiger partial charge in [-0.15, -0.1) is 0 Å². The Kier molecular flexibility index (Phi) is 3.04. The number of nitrogens with zero attached hydrogens (tertiary/aromatic N) is 1. The molecule has 4 nitrogen and oxygen atoms in total. The number of benzene rings is 1. The summed E-state index contributed by atoms with van der Waals surface area (Å²) in [5.41, 5.74) is 0.180. The topological polar surface area (TPSA) is 49.4 Å². The smallest absolute Gasteiger partial charge is 0.250 e. The molecule has 2 atom stereocenters. The van der Waals surface area contributed by atoms with Crippen molar-refractivity contribution in [1.29, 1.82) is 0 Å². The van der Waals surface area contributed by atoms with E-state index in [9.17, 15) is 9.59 Å². The van der Waals surface area contributed by atoms with E-state index < -0.39 is 11.6 Å². The summed E-state index contributed by atoms with van der Waals surface area (Å²) >= 11 is 0. The van der Waals surface area contributed by atoms with Crippen molar-refractivity contribution in [2.75, 3.05) is 6.54 Å². The van der Waals surface area contributed by atoms with Gasteiger partial charge in [0.2, 0.25) is 5.91 Å². The fraction of sp³-hybridized carbons (Fsp3) is 0.500. The van der Waals surface area contributed by atoms with Crippen molar-refractivity contribution in [3.63, 3.8) is 0 Å². The molecule has 1 aromatic rings. The molecule has 4 heteroatoms. The monoisotopic (exact) mass is 272 g/mol. The molecule has 0 aromatic heterocycles. The quantitative estimate of drug-likeness (QED) is 0.913. The van der Waals surface area contributed by atoms with Gasteiger partial charge in [-0.2, -0.15) is 0 Å². The van der Waals surface area contributed by atoms with Crippen LogP contribution in [-0.2, 0) is 9.59 Å². The number of likely N-dealkylation sites (N-methyl/N-ethyl adjacent to an activating group) is 1. The summed E-state index contributed by atoms with van der Waals surface area (Å²) in [6.07, 6.45) is 2.06. The molecule has 0 bridgehead atoms. The Morgan fingerprint density at radius 2 is 1.90 bits per heavy atom. The molecular weight excluding hydrogens is 252 g/mol. The standard InChI is InChI=1S/C16H20N2O2/c1-3-18-14(19)13(11-7-5-4-6-8-11)17-15(20)16(18,2)12-9-10-12/h4-8,12-13H,3,9-10H2,1-2H3,(H,17,20). The van der Waals surface area contributed by atoms with Gasteiger partial charge in [0.25, 0.3) is 5.91 Å². The molecule has 3 rings (SSSR count). The second-order valence-corrected chi connectivity index (χ2v) is 5.82.